The lowest BCUT2D eigenvalue weighted by Gasteiger charge is -2.30. The lowest BCUT2D eigenvalue weighted by atomic mass is 9.88. The van der Waals surface area contributed by atoms with E-state index in [0.29, 0.717) is 12.1 Å². The molecule has 0 aromatic heterocycles. The maximum absolute atomic E-state index is 3.56. The van der Waals surface area contributed by atoms with Gasteiger partial charge >= 0.3 is 0 Å². The molecule has 1 aliphatic heterocycles. The quantitative estimate of drug-likeness (QED) is 0.639. The van der Waals surface area contributed by atoms with Crippen molar-refractivity contribution in [1.29, 1.82) is 0 Å². The zero-order valence-electron chi connectivity index (χ0n) is 8.59. The van der Waals surface area contributed by atoms with Crippen LogP contribution < -0.4 is 5.32 Å². The Hall–Kier alpha value is -0.820. The van der Waals surface area contributed by atoms with Crippen molar-refractivity contribution >= 4 is 0 Å². The van der Waals surface area contributed by atoms with Crippen molar-refractivity contribution in [3.05, 3.63) is 34.9 Å². The molecule has 0 unspecified atom stereocenters. The summed E-state index contributed by atoms with van der Waals surface area (Å²) in [6, 6.07) is 7.74. The van der Waals surface area contributed by atoms with Gasteiger partial charge in [0.25, 0.3) is 0 Å². The first-order valence-electron chi connectivity index (χ1n) is 5.03. The van der Waals surface area contributed by atoms with E-state index in [9.17, 15) is 0 Å². The second-order valence-corrected chi connectivity index (χ2v) is 4.14. The van der Waals surface area contributed by atoms with Gasteiger partial charge in [-0.2, -0.15) is 0 Å². The molecule has 1 heteroatoms. The summed E-state index contributed by atoms with van der Waals surface area (Å²) >= 11 is 0. The average Bonchev–Trinajstić information content (AvgIpc) is 2.07. The summed E-state index contributed by atoms with van der Waals surface area (Å²) in [6.07, 6.45) is 1.17. The number of aryl methyl sites for hydroxylation is 1. The fourth-order valence-corrected chi connectivity index (χ4v) is 2.29. The standard InChI is InChI=1S/C12H17N/c1-8-5-4-6-11-10(3)13-9(2)7-12(8)11/h4-6,9-10,13H,7H2,1-3H3/t9-,10-/m0/s1. The second-order valence-electron chi connectivity index (χ2n) is 4.14. The highest BCUT2D eigenvalue weighted by Crippen LogP contribution is 2.26. The molecule has 0 radical (unpaired) electrons. The molecule has 13 heavy (non-hydrogen) atoms. The molecule has 1 aromatic carbocycles. The summed E-state index contributed by atoms with van der Waals surface area (Å²) in [5.41, 5.74) is 4.48. The minimum atomic E-state index is 0.513. The summed E-state index contributed by atoms with van der Waals surface area (Å²) < 4.78 is 0. The van der Waals surface area contributed by atoms with Crippen molar-refractivity contribution in [3.63, 3.8) is 0 Å². The lowest BCUT2D eigenvalue weighted by molar-refractivity contribution is 0.444. The van der Waals surface area contributed by atoms with Crippen LogP contribution in [-0.4, -0.2) is 6.04 Å². The Labute approximate surface area is 80.2 Å². The predicted molar refractivity (Wildman–Crippen MR) is 55.9 cm³/mol. The van der Waals surface area contributed by atoms with Gasteiger partial charge in [-0.25, -0.2) is 0 Å². The maximum Gasteiger partial charge on any atom is 0.0297 e. The van der Waals surface area contributed by atoms with Crippen LogP contribution in [0.25, 0.3) is 0 Å². The van der Waals surface area contributed by atoms with Crippen molar-refractivity contribution in [2.45, 2.75) is 39.3 Å². The van der Waals surface area contributed by atoms with E-state index in [1.54, 1.807) is 5.56 Å². The van der Waals surface area contributed by atoms with E-state index in [2.05, 4.69) is 44.3 Å². The summed E-state index contributed by atoms with van der Waals surface area (Å²) in [4.78, 5) is 0. The third-order valence-electron chi connectivity index (χ3n) is 2.96. The molecule has 2 rings (SSSR count). The van der Waals surface area contributed by atoms with Crippen molar-refractivity contribution in [1.82, 2.24) is 5.32 Å². The monoisotopic (exact) mass is 175 g/mol. The van der Waals surface area contributed by atoms with Crippen LogP contribution in [0.5, 0.6) is 0 Å². The van der Waals surface area contributed by atoms with E-state index in [4.69, 9.17) is 0 Å². The highest BCUT2D eigenvalue weighted by Gasteiger charge is 2.20. The molecule has 1 heterocycles. The molecule has 1 nitrogen and oxygen atoms in total. The molecule has 2 atom stereocenters. The Kier molecular flexibility index (Phi) is 2.12. The summed E-state index contributed by atoms with van der Waals surface area (Å²) in [5.74, 6) is 0. The smallest absolute Gasteiger partial charge is 0.0297 e. The van der Waals surface area contributed by atoms with Gasteiger partial charge in [0.15, 0.2) is 0 Å². The second kappa shape index (κ2) is 3.15. The summed E-state index contributed by atoms with van der Waals surface area (Å²) in [7, 11) is 0. The third kappa shape index (κ3) is 1.49. The van der Waals surface area contributed by atoms with E-state index < -0.39 is 0 Å². The molecule has 0 bridgehead atoms. The Morgan fingerprint density at radius 1 is 1.31 bits per heavy atom. The number of rotatable bonds is 0. The molecule has 0 amide bonds. The first-order valence-corrected chi connectivity index (χ1v) is 5.03. The van der Waals surface area contributed by atoms with Crippen molar-refractivity contribution < 1.29 is 0 Å². The van der Waals surface area contributed by atoms with Crippen LogP contribution in [0.2, 0.25) is 0 Å². The summed E-state index contributed by atoms with van der Waals surface area (Å²) in [6.45, 7) is 6.71. The van der Waals surface area contributed by atoms with E-state index in [1.165, 1.54) is 17.5 Å². The van der Waals surface area contributed by atoms with E-state index >= 15 is 0 Å². The van der Waals surface area contributed by atoms with Gasteiger partial charge in [0.2, 0.25) is 0 Å². The fraction of sp³-hybridized carbons (Fsp3) is 0.500. The van der Waals surface area contributed by atoms with Gasteiger partial charge in [0.1, 0.15) is 0 Å². The fourth-order valence-electron chi connectivity index (χ4n) is 2.29. The molecule has 1 N–H and O–H groups in total. The zero-order chi connectivity index (χ0) is 9.42. The summed E-state index contributed by atoms with van der Waals surface area (Å²) in [5, 5.41) is 3.56. The van der Waals surface area contributed by atoms with Gasteiger partial charge in [-0.05, 0) is 43.9 Å². The SMILES string of the molecule is Cc1cccc2c1C[C@H](C)N[C@H]2C. The van der Waals surface area contributed by atoms with Crippen LogP contribution >= 0.6 is 0 Å². The minimum Gasteiger partial charge on any atom is -0.307 e. The number of benzene rings is 1. The molecule has 70 valence electrons. The van der Waals surface area contributed by atoms with Crippen LogP contribution in [0.4, 0.5) is 0 Å². The van der Waals surface area contributed by atoms with Crippen LogP contribution in [0.1, 0.15) is 36.6 Å². The number of nitrogens with one attached hydrogen (secondary N) is 1. The van der Waals surface area contributed by atoms with Crippen LogP contribution in [0.3, 0.4) is 0 Å². The van der Waals surface area contributed by atoms with E-state index in [-0.39, 0.29) is 0 Å². The highest BCUT2D eigenvalue weighted by atomic mass is 14.9. The lowest BCUT2D eigenvalue weighted by Crippen LogP contribution is -2.36. The van der Waals surface area contributed by atoms with E-state index in [0.717, 1.165) is 0 Å². The van der Waals surface area contributed by atoms with Gasteiger partial charge in [0, 0.05) is 12.1 Å². The van der Waals surface area contributed by atoms with Gasteiger partial charge in [-0.1, -0.05) is 18.2 Å². The normalized spacial score (nSPS) is 27.0. The molecule has 0 aliphatic carbocycles. The van der Waals surface area contributed by atoms with Gasteiger partial charge in [-0.3, -0.25) is 0 Å². The number of fused-ring (bicyclic) bond motifs is 1. The largest absolute Gasteiger partial charge is 0.307 e. The molecule has 1 aromatic rings. The Bertz CT molecular complexity index is 317. The van der Waals surface area contributed by atoms with Gasteiger partial charge in [0.05, 0.1) is 0 Å². The van der Waals surface area contributed by atoms with Crippen molar-refractivity contribution in [2.75, 3.05) is 0 Å². The van der Waals surface area contributed by atoms with Crippen molar-refractivity contribution in [3.8, 4) is 0 Å². The maximum atomic E-state index is 3.56. The van der Waals surface area contributed by atoms with Crippen LogP contribution in [0, 0.1) is 6.92 Å². The molecule has 0 saturated heterocycles. The molecular weight excluding hydrogens is 158 g/mol. The third-order valence-corrected chi connectivity index (χ3v) is 2.96. The minimum absolute atomic E-state index is 0.513. The molecule has 1 aliphatic rings. The van der Waals surface area contributed by atoms with Crippen LogP contribution in [-0.2, 0) is 6.42 Å². The first kappa shape index (κ1) is 8.76. The van der Waals surface area contributed by atoms with Gasteiger partial charge < -0.3 is 5.32 Å². The number of hydrogen-bond acceptors (Lipinski definition) is 1. The molecule has 0 spiro atoms. The molecule has 0 fully saturated rings. The predicted octanol–water partition coefficient (Wildman–Crippen LogP) is 2.59. The first-order chi connectivity index (χ1) is 6.18. The Morgan fingerprint density at radius 2 is 2.08 bits per heavy atom. The Balaban J connectivity index is 2.49. The Morgan fingerprint density at radius 3 is 2.85 bits per heavy atom. The zero-order valence-corrected chi connectivity index (χ0v) is 8.59. The van der Waals surface area contributed by atoms with Gasteiger partial charge in [-0.15, -0.1) is 0 Å². The average molecular weight is 175 g/mol. The molecular formula is C12H17N. The van der Waals surface area contributed by atoms with E-state index in [1.807, 2.05) is 0 Å². The van der Waals surface area contributed by atoms with Crippen molar-refractivity contribution in [2.24, 2.45) is 0 Å². The van der Waals surface area contributed by atoms with Crippen LogP contribution in [0.15, 0.2) is 18.2 Å². The topological polar surface area (TPSA) is 12.0 Å². The number of hydrogen-bond donors (Lipinski definition) is 1. The highest BCUT2D eigenvalue weighted by molar-refractivity contribution is 5.38. The molecule has 0 saturated carbocycles.